The molecule has 14 heavy (non-hydrogen) atoms. The molecule has 1 amide bonds. The standard InChI is InChI=1S/C10H20N2O2/c1-8(11)5-6-14-10-4-3-9(2)12(10)7-13/h7-10H,3-6,11H2,1-2H3. The SMILES string of the molecule is CC(N)CCOC1CCC(C)N1C=O. The van der Waals surface area contributed by atoms with E-state index in [0.717, 1.165) is 25.7 Å². The molecule has 0 aromatic heterocycles. The molecule has 1 aliphatic rings. The van der Waals surface area contributed by atoms with Crippen LogP contribution in [0.1, 0.15) is 33.1 Å². The molecule has 2 N–H and O–H groups in total. The van der Waals surface area contributed by atoms with E-state index in [4.69, 9.17) is 10.5 Å². The predicted octanol–water partition coefficient (Wildman–Crippen LogP) is 0.707. The molecule has 0 aromatic carbocycles. The molecule has 1 rings (SSSR count). The van der Waals surface area contributed by atoms with Crippen molar-refractivity contribution in [1.82, 2.24) is 4.90 Å². The maximum atomic E-state index is 10.7. The number of nitrogens with two attached hydrogens (primary N) is 1. The summed E-state index contributed by atoms with van der Waals surface area (Å²) in [7, 11) is 0. The highest BCUT2D eigenvalue weighted by molar-refractivity contribution is 5.48. The largest absolute Gasteiger partial charge is 0.358 e. The van der Waals surface area contributed by atoms with Gasteiger partial charge < -0.3 is 15.4 Å². The summed E-state index contributed by atoms with van der Waals surface area (Å²) in [5, 5.41) is 0. The van der Waals surface area contributed by atoms with Gasteiger partial charge >= 0.3 is 0 Å². The molecule has 1 saturated heterocycles. The average Bonchev–Trinajstić information content (AvgIpc) is 2.46. The molecule has 0 radical (unpaired) electrons. The number of rotatable bonds is 5. The van der Waals surface area contributed by atoms with Gasteiger partial charge in [0.05, 0.1) is 6.61 Å². The Labute approximate surface area is 85.4 Å². The van der Waals surface area contributed by atoms with Crippen molar-refractivity contribution in [2.24, 2.45) is 5.73 Å². The first-order valence-electron chi connectivity index (χ1n) is 5.25. The average molecular weight is 200 g/mol. The lowest BCUT2D eigenvalue weighted by atomic mass is 10.2. The fourth-order valence-corrected chi connectivity index (χ4v) is 1.70. The van der Waals surface area contributed by atoms with E-state index in [1.807, 2.05) is 13.8 Å². The molecule has 0 aromatic rings. The van der Waals surface area contributed by atoms with Gasteiger partial charge in [-0.2, -0.15) is 0 Å². The molecule has 4 nitrogen and oxygen atoms in total. The molecule has 1 aliphatic heterocycles. The number of likely N-dealkylation sites (tertiary alicyclic amines) is 1. The van der Waals surface area contributed by atoms with Crippen LogP contribution < -0.4 is 5.73 Å². The van der Waals surface area contributed by atoms with Gasteiger partial charge in [-0.3, -0.25) is 4.79 Å². The third-order valence-electron chi connectivity index (χ3n) is 2.68. The Morgan fingerprint density at radius 2 is 2.36 bits per heavy atom. The van der Waals surface area contributed by atoms with Crippen LogP contribution in [0.25, 0.3) is 0 Å². The van der Waals surface area contributed by atoms with Crippen LogP contribution in [0.4, 0.5) is 0 Å². The van der Waals surface area contributed by atoms with Gasteiger partial charge in [0, 0.05) is 12.1 Å². The minimum Gasteiger partial charge on any atom is -0.358 e. The summed E-state index contributed by atoms with van der Waals surface area (Å²) in [6.45, 7) is 4.64. The van der Waals surface area contributed by atoms with Gasteiger partial charge in [0.25, 0.3) is 0 Å². The van der Waals surface area contributed by atoms with Gasteiger partial charge in [-0.05, 0) is 33.1 Å². The quantitative estimate of drug-likeness (QED) is 0.665. The second-order valence-electron chi connectivity index (χ2n) is 4.07. The zero-order chi connectivity index (χ0) is 10.6. The monoisotopic (exact) mass is 200 g/mol. The topological polar surface area (TPSA) is 55.6 Å². The van der Waals surface area contributed by atoms with Crippen LogP contribution in [0.5, 0.6) is 0 Å². The first kappa shape index (κ1) is 11.5. The molecule has 0 spiro atoms. The normalized spacial score (nSPS) is 29.2. The number of hydrogen-bond acceptors (Lipinski definition) is 3. The molecule has 1 fully saturated rings. The maximum Gasteiger partial charge on any atom is 0.211 e. The van der Waals surface area contributed by atoms with Crippen LogP contribution in [-0.2, 0) is 9.53 Å². The Morgan fingerprint density at radius 3 is 2.93 bits per heavy atom. The molecule has 3 atom stereocenters. The lowest BCUT2D eigenvalue weighted by molar-refractivity contribution is -0.131. The van der Waals surface area contributed by atoms with Crippen LogP contribution in [-0.4, -0.2) is 36.2 Å². The van der Waals surface area contributed by atoms with Crippen molar-refractivity contribution < 1.29 is 9.53 Å². The molecular weight excluding hydrogens is 180 g/mol. The van der Waals surface area contributed by atoms with Crippen LogP contribution in [0, 0.1) is 0 Å². The molecule has 4 heteroatoms. The lowest BCUT2D eigenvalue weighted by Crippen LogP contribution is -2.35. The zero-order valence-corrected chi connectivity index (χ0v) is 8.98. The van der Waals surface area contributed by atoms with E-state index in [0.29, 0.717) is 12.6 Å². The predicted molar refractivity (Wildman–Crippen MR) is 54.6 cm³/mol. The highest BCUT2D eigenvalue weighted by Gasteiger charge is 2.29. The lowest BCUT2D eigenvalue weighted by Gasteiger charge is -2.24. The second kappa shape index (κ2) is 5.32. The van der Waals surface area contributed by atoms with E-state index in [9.17, 15) is 4.79 Å². The minimum atomic E-state index is -0.0266. The smallest absolute Gasteiger partial charge is 0.211 e. The van der Waals surface area contributed by atoms with Crippen molar-refractivity contribution in [3.63, 3.8) is 0 Å². The highest BCUT2D eigenvalue weighted by atomic mass is 16.5. The molecule has 0 aliphatic carbocycles. The minimum absolute atomic E-state index is 0.0266. The molecule has 82 valence electrons. The van der Waals surface area contributed by atoms with Gasteiger partial charge in [0.2, 0.25) is 6.41 Å². The van der Waals surface area contributed by atoms with Gasteiger partial charge in [0.15, 0.2) is 0 Å². The van der Waals surface area contributed by atoms with E-state index in [2.05, 4.69) is 0 Å². The zero-order valence-electron chi connectivity index (χ0n) is 8.98. The third-order valence-corrected chi connectivity index (χ3v) is 2.68. The van der Waals surface area contributed by atoms with E-state index >= 15 is 0 Å². The van der Waals surface area contributed by atoms with Crippen molar-refractivity contribution in [3.05, 3.63) is 0 Å². The van der Waals surface area contributed by atoms with Gasteiger partial charge in [-0.15, -0.1) is 0 Å². The summed E-state index contributed by atoms with van der Waals surface area (Å²) < 4.78 is 5.60. The Morgan fingerprint density at radius 1 is 1.64 bits per heavy atom. The molecule has 1 heterocycles. The Hall–Kier alpha value is -0.610. The number of carbonyl (C=O) groups is 1. The van der Waals surface area contributed by atoms with Crippen molar-refractivity contribution >= 4 is 6.41 Å². The summed E-state index contributed by atoms with van der Waals surface area (Å²) in [6.07, 6.45) is 3.67. The van der Waals surface area contributed by atoms with E-state index in [1.165, 1.54) is 0 Å². The summed E-state index contributed by atoms with van der Waals surface area (Å²) in [5.41, 5.74) is 5.61. The molecule has 0 saturated carbocycles. The van der Waals surface area contributed by atoms with Crippen LogP contribution in [0.3, 0.4) is 0 Å². The Balaban J connectivity index is 2.27. The van der Waals surface area contributed by atoms with Crippen LogP contribution in [0.15, 0.2) is 0 Å². The van der Waals surface area contributed by atoms with Gasteiger partial charge in [-0.25, -0.2) is 0 Å². The summed E-state index contributed by atoms with van der Waals surface area (Å²) in [6, 6.07) is 0.478. The summed E-state index contributed by atoms with van der Waals surface area (Å²) in [4.78, 5) is 12.5. The first-order chi connectivity index (χ1) is 6.65. The second-order valence-corrected chi connectivity index (χ2v) is 4.07. The molecule has 0 bridgehead atoms. The summed E-state index contributed by atoms with van der Waals surface area (Å²) in [5.74, 6) is 0. The molecule has 3 unspecified atom stereocenters. The van der Waals surface area contributed by atoms with Crippen molar-refractivity contribution in [2.75, 3.05) is 6.61 Å². The fraction of sp³-hybridized carbons (Fsp3) is 0.900. The van der Waals surface area contributed by atoms with E-state index in [-0.39, 0.29) is 12.3 Å². The Kier molecular flexibility index (Phi) is 4.35. The number of nitrogens with zero attached hydrogens (tertiary/aromatic N) is 1. The highest BCUT2D eigenvalue weighted by Crippen LogP contribution is 2.22. The van der Waals surface area contributed by atoms with E-state index in [1.54, 1.807) is 4.90 Å². The number of amides is 1. The Bertz CT molecular complexity index is 185. The van der Waals surface area contributed by atoms with Gasteiger partial charge in [0.1, 0.15) is 6.23 Å². The van der Waals surface area contributed by atoms with E-state index < -0.39 is 0 Å². The van der Waals surface area contributed by atoms with Crippen molar-refractivity contribution in [3.8, 4) is 0 Å². The fourth-order valence-electron chi connectivity index (χ4n) is 1.70. The number of carbonyl (C=O) groups excluding carboxylic acids is 1. The van der Waals surface area contributed by atoms with Crippen molar-refractivity contribution in [2.45, 2.75) is 51.4 Å². The van der Waals surface area contributed by atoms with Crippen molar-refractivity contribution in [1.29, 1.82) is 0 Å². The number of hydrogen-bond donors (Lipinski definition) is 1. The van der Waals surface area contributed by atoms with Crippen LogP contribution in [0.2, 0.25) is 0 Å². The summed E-state index contributed by atoms with van der Waals surface area (Å²) >= 11 is 0. The molecular formula is C10H20N2O2. The van der Waals surface area contributed by atoms with Crippen LogP contribution >= 0.6 is 0 Å². The maximum absolute atomic E-state index is 10.7. The first-order valence-corrected chi connectivity index (χ1v) is 5.25. The number of ether oxygens (including phenoxy) is 1. The third kappa shape index (κ3) is 2.96. The van der Waals surface area contributed by atoms with Gasteiger partial charge in [-0.1, -0.05) is 0 Å².